The Morgan fingerprint density at radius 1 is 1.04 bits per heavy atom. The summed E-state index contributed by atoms with van der Waals surface area (Å²) in [6.45, 7) is 8.37. The van der Waals surface area contributed by atoms with Crippen molar-refractivity contribution in [3.05, 3.63) is 79.5 Å². The van der Waals surface area contributed by atoms with Crippen molar-refractivity contribution in [1.82, 2.24) is 4.57 Å². The molecule has 0 atom stereocenters. The number of rotatable bonds is 2. The van der Waals surface area contributed by atoms with Crippen LogP contribution in [0.2, 0.25) is 5.02 Å². The van der Waals surface area contributed by atoms with Crippen LogP contribution in [0.25, 0.3) is 17.3 Å². The molecule has 0 radical (unpaired) electrons. The van der Waals surface area contributed by atoms with Crippen molar-refractivity contribution < 1.29 is 4.79 Å². The smallest absolute Gasteiger partial charge is 0.256 e. The highest BCUT2D eigenvalue weighted by atomic mass is 79.9. The van der Waals surface area contributed by atoms with Crippen molar-refractivity contribution >= 4 is 50.8 Å². The van der Waals surface area contributed by atoms with Crippen LogP contribution in [0.5, 0.6) is 0 Å². The van der Waals surface area contributed by atoms with Gasteiger partial charge >= 0.3 is 0 Å². The van der Waals surface area contributed by atoms with Gasteiger partial charge in [-0.3, -0.25) is 4.79 Å². The SMILES string of the molecule is Cc1cc(-n2c(C)cc(/C=C3/C(=O)Nc4cc(Cl)ccc43)c2C)cc(C)c1Br. The lowest BCUT2D eigenvalue weighted by molar-refractivity contribution is -0.110. The van der Waals surface area contributed by atoms with Crippen molar-refractivity contribution in [2.75, 3.05) is 5.32 Å². The zero-order valence-corrected chi connectivity index (χ0v) is 18.5. The van der Waals surface area contributed by atoms with Gasteiger partial charge in [-0.05, 0) is 80.8 Å². The fourth-order valence-corrected chi connectivity index (χ4v) is 4.25. The minimum atomic E-state index is -0.0996. The largest absolute Gasteiger partial charge is 0.321 e. The lowest BCUT2D eigenvalue weighted by atomic mass is 10.0. The van der Waals surface area contributed by atoms with Crippen LogP contribution < -0.4 is 5.32 Å². The molecule has 3 aromatic rings. The first-order chi connectivity index (χ1) is 13.3. The van der Waals surface area contributed by atoms with Crippen LogP contribution in [-0.2, 0) is 4.79 Å². The van der Waals surface area contributed by atoms with Crippen LogP contribution in [0, 0.1) is 27.7 Å². The third-order valence-corrected chi connectivity index (χ3v) is 6.70. The van der Waals surface area contributed by atoms with Gasteiger partial charge in [0.05, 0.1) is 5.69 Å². The highest BCUT2D eigenvalue weighted by Crippen LogP contribution is 2.36. The van der Waals surface area contributed by atoms with E-state index in [1.54, 1.807) is 6.07 Å². The third kappa shape index (κ3) is 3.11. The summed E-state index contributed by atoms with van der Waals surface area (Å²) in [6, 6.07) is 12.0. The molecular weight excluding hydrogens is 436 g/mol. The molecule has 1 aliphatic heterocycles. The molecule has 1 N–H and O–H groups in total. The molecule has 1 aliphatic rings. The van der Waals surface area contributed by atoms with Crippen LogP contribution in [0.4, 0.5) is 5.69 Å². The molecule has 28 heavy (non-hydrogen) atoms. The Morgan fingerprint density at radius 3 is 2.39 bits per heavy atom. The molecule has 3 nitrogen and oxygen atoms in total. The molecule has 2 aromatic carbocycles. The molecular formula is C23H20BrClN2O. The normalized spacial score (nSPS) is 14.5. The standard InChI is InChI=1S/C23H20BrClN2O/c1-12-7-18(8-13(2)22(12)24)27-14(3)9-16(15(27)4)10-20-19-6-5-17(25)11-21(19)26-23(20)28/h5-11H,1-4H3,(H,26,28)/b20-10+. The number of aryl methyl sites for hydroxylation is 3. The second-order valence-corrected chi connectivity index (χ2v) is 8.49. The Morgan fingerprint density at radius 2 is 1.71 bits per heavy atom. The summed E-state index contributed by atoms with van der Waals surface area (Å²) in [4.78, 5) is 12.5. The van der Waals surface area contributed by atoms with E-state index in [1.807, 2.05) is 18.2 Å². The summed E-state index contributed by atoms with van der Waals surface area (Å²) >= 11 is 9.70. The predicted molar refractivity (Wildman–Crippen MR) is 120 cm³/mol. The molecule has 0 spiro atoms. The maximum atomic E-state index is 12.5. The predicted octanol–water partition coefficient (Wildman–Crippen LogP) is 6.62. The lowest BCUT2D eigenvalue weighted by Gasteiger charge is -2.13. The summed E-state index contributed by atoms with van der Waals surface area (Å²) in [5, 5.41) is 3.51. The Balaban J connectivity index is 1.83. The van der Waals surface area contributed by atoms with Crippen LogP contribution >= 0.6 is 27.5 Å². The number of carbonyl (C=O) groups is 1. The number of benzene rings is 2. The Hall–Kier alpha value is -2.30. The average Bonchev–Trinajstić information content (AvgIpc) is 3.08. The Bertz CT molecular complexity index is 1150. The van der Waals surface area contributed by atoms with Crippen LogP contribution in [0.15, 0.2) is 40.9 Å². The van der Waals surface area contributed by atoms with Gasteiger partial charge in [-0.25, -0.2) is 0 Å². The van der Waals surface area contributed by atoms with Gasteiger partial charge < -0.3 is 9.88 Å². The zero-order valence-electron chi connectivity index (χ0n) is 16.2. The van der Waals surface area contributed by atoms with E-state index < -0.39 is 0 Å². The number of halogens is 2. The molecule has 0 saturated heterocycles. The van der Waals surface area contributed by atoms with E-state index in [0.29, 0.717) is 10.6 Å². The van der Waals surface area contributed by atoms with E-state index in [1.165, 1.54) is 11.1 Å². The van der Waals surface area contributed by atoms with Crippen molar-refractivity contribution in [3.63, 3.8) is 0 Å². The first-order valence-corrected chi connectivity index (χ1v) is 10.2. The van der Waals surface area contributed by atoms with E-state index in [0.717, 1.165) is 38.4 Å². The second kappa shape index (κ2) is 6.94. The number of fused-ring (bicyclic) bond motifs is 1. The number of nitrogens with zero attached hydrogens (tertiary/aromatic N) is 1. The minimum Gasteiger partial charge on any atom is -0.321 e. The maximum absolute atomic E-state index is 12.5. The molecule has 0 bridgehead atoms. The summed E-state index contributed by atoms with van der Waals surface area (Å²) < 4.78 is 3.37. The molecule has 2 heterocycles. The van der Waals surface area contributed by atoms with Gasteiger partial charge in [0.1, 0.15) is 0 Å². The molecule has 0 unspecified atom stereocenters. The first kappa shape index (κ1) is 19.0. The molecule has 0 aliphatic carbocycles. The van der Waals surface area contributed by atoms with Crippen LogP contribution in [-0.4, -0.2) is 10.5 Å². The maximum Gasteiger partial charge on any atom is 0.256 e. The fraction of sp³-hybridized carbons (Fsp3) is 0.174. The van der Waals surface area contributed by atoms with Gasteiger partial charge in [-0.2, -0.15) is 0 Å². The van der Waals surface area contributed by atoms with Crippen molar-refractivity contribution in [2.45, 2.75) is 27.7 Å². The number of anilines is 1. The minimum absolute atomic E-state index is 0.0996. The molecule has 5 heteroatoms. The summed E-state index contributed by atoms with van der Waals surface area (Å²) in [5.41, 5.74) is 9.08. The monoisotopic (exact) mass is 454 g/mol. The number of hydrogen-bond acceptors (Lipinski definition) is 1. The van der Waals surface area contributed by atoms with Gasteiger partial charge in [0.2, 0.25) is 0 Å². The molecule has 0 saturated carbocycles. The topological polar surface area (TPSA) is 34.0 Å². The Kier molecular flexibility index (Phi) is 4.72. The van der Waals surface area contributed by atoms with Crippen molar-refractivity contribution in [2.24, 2.45) is 0 Å². The van der Waals surface area contributed by atoms with E-state index in [-0.39, 0.29) is 5.91 Å². The fourth-order valence-electron chi connectivity index (χ4n) is 3.85. The van der Waals surface area contributed by atoms with Gasteiger partial charge in [-0.1, -0.05) is 33.6 Å². The second-order valence-electron chi connectivity index (χ2n) is 7.26. The lowest BCUT2D eigenvalue weighted by Crippen LogP contribution is -2.04. The average molecular weight is 456 g/mol. The van der Waals surface area contributed by atoms with Gasteiger partial charge in [0, 0.05) is 37.7 Å². The highest BCUT2D eigenvalue weighted by Gasteiger charge is 2.25. The zero-order chi connectivity index (χ0) is 20.2. The van der Waals surface area contributed by atoms with Gasteiger partial charge in [-0.15, -0.1) is 0 Å². The molecule has 1 aromatic heterocycles. The Labute approximate surface area is 178 Å². The van der Waals surface area contributed by atoms with Gasteiger partial charge in [0.15, 0.2) is 0 Å². The number of nitrogens with one attached hydrogen (secondary N) is 1. The van der Waals surface area contributed by atoms with E-state index in [4.69, 9.17) is 11.6 Å². The van der Waals surface area contributed by atoms with Crippen molar-refractivity contribution in [3.8, 4) is 5.69 Å². The van der Waals surface area contributed by atoms with Crippen molar-refractivity contribution in [1.29, 1.82) is 0 Å². The van der Waals surface area contributed by atoms with E-state index in [9.17, 15) is 4.79 Å². The summed E-state index contributed by atoms with van der Waals surface area (Å²) in [6.07, 6.45) is 1.96. The van der Waals surface area contributed by atoms with E-state index in [2.05, 4.69) is 71.7 Å². The quantitative estimate of drug-likeness (QED) is 0.433. The summed E-state index contributed by atoms with van der Waals surface area (Å²) in [5.74, 6) is -0.0996. The number of amides is 1. The van der Waals surface area contributed by atoms with Gasteiger partial charge in [0.25, 0.3) is 5.91 Å². The molecule has 4 rings (SSSR count). The van der Waals surface area contributed by atoms with E-state index >= 15 is 0 Å². The number of carbonyl (C=O) groups excluding carboxylic acids is 1. The third-order valence-electron chi connectivity index (χ3n) is 5.21. The van der Waals surface area contributed by atoms with Crippen LogP contribution in [0.3, 0.4) is 0 Å². The molecule has 1 amide bonds. The van der Waals surface area contributed by atoms with Crippen LogP contribution in [0.1, 0.15) is 33.6 Å². The molecule has 0 fully saturated rings. The summed E-state index contributed by atoms with van der Waals surface area (Å²) in [7, 11) is 0. The highest BCUT2D eigenvalue weighted by molar-refractivity contribution is 9.10. The molecule has 142 valence electrons. The first-order valence-electron chi connectivity index (χ1n) is 9.05. The number of hydrogen-bond donors (Lipinski definition) is 1. The number of aromatic nitrogens is 1.